The highest BCUT2D eigenvalue weighted by molar-refractivity contribution is 8.00. The summed E-state index contributed by atoms with van der Waals surface area (Å²) in [7, 11) is 0. The van der Waals surface area contributed by atoms with E-state index in [4.69, 9.17) is 0 Å². The molecule has 0 saturated carbocycles. The Hall–Kier alpha value is -3.16. The highest BCUT2D eigenvalue weighted by atomic mass is 32.2. The summed E-state index contributed by atoms with van der Waals surface area (Å²) in [5, 5.41) is 13.4. The maximum Gasteiger partial charge on any atom is 0.245 e. The van der Waals surface area contributed by atoms with Gasteiger partial charge >= 0.3 is 0 Å². The van der Waals surface area contributed by atoms with Crippen molar-refractivity contribution in [3.05, 3.63) is 0 Å². The van der Waals surface area contributed by atoms with E-state index in [-0.39, 0.29) is 42.8 Å². The fourth-order valence-electron chi connectivity index (χ4n) is 6.87. The number of ketones is 1. The van der Waals surface area contributed by atoms with Crippen molar-refractivity contribution in [3.63, 3.8) is 0 Å². The molecule has 3 heterocycles. The van der Waals surface area contributed by atoms with Crippen LogP contribution in [-0.2, 0) is 33.6 Å². The third kappa shape index (κ3) is 11.7. The minimum atomic E-state index is -1.15. The zero-order chi connectivity index (χ0) is 37.0. The molecule has 0 spiro atoms. The van der Waals surface area contributed by atoms with E-state index >= 15 is 0 Å². The van der Waals surface area contributed by atoms with Crippen molar-refractivity contribution < 1.29 is 33.6 Å². The van der Waals surface area contributed by atoms with Gasteiger partial charge in [-0.1, -0.05) is 73.1 Å². The lowest BCUT2D eigenvalue weighted by Gasteiger charge is -2.30. The highest BCUT2D eigenvalue weighted by Gasteiger charge is 2.42. The van der Waals surface area contributed by atoms with Crippen molar-refractivity contribution in [2.75, 3.05) is 18.8 Å². The smallest absolute Gasteiger partial charge is 0.245 e. The molecular weight excluding hydrogens is 660 g/mol. The Labute approximate surface area is 301 Å². The van der Waals surface area contributed by atoms with Gasteiger partial charge < -0.3 is 31.5 Å². The molecule has 13 nitrogen and oxygen atoms in total. The van der Waals surface area contributed by atoms with Gasteiger partial charge in [-0.3, -0.25) is 33.6 Å². The third-order valence-electron chi connectivity index (χ3n) is 9.77. The molecule has 7 unspecified atom stereocenters. The summed E-state index contributed by atoms with van der Waals surface area (Å²) in [6.45, 7) is 11.4. The normalized spacial score (nSPS) is 28.9. The minimum absolute atomic E-state index is 0.00278. The number of nitrogens with zero attached hydrogens (tertiary/aromatic N) is 1. The van der Waals surface area contributed by atoms with E-state index in [0.29, 0.717) is 25.8 Å². The van der Waals surface area contributed by atoms with Gasteiger partial charge in [0.15, 0.2) is 0 Å². The maximum absolute atomic E-state index is 14.1. The fraction of sp³-hybridized carbons (Fsp3) is 0.806. The van der Waals surface area contributed by atoms with E-state index in [1.54, 1.807) is 20.8 Å². The van der Waals surface area contributed by atoms with E-state index in [9.17, 15) is 33.6 Å². The van der Waals surface area contributed by atoms with Crippen LogP contribution in [-0.4, -0.2) is 100 Å². The van der Waals surface area contributed by atoms with Crippen LogP contribution in [0.2, 0.25) is 0 Å². The lowest BCUT2D eigenvalue weighted by atomic mass is 9.93. The number of unbranched alkanes of at least 4 members (excludes halogenated alkanes) is 6. The average molecular weight is 721 g/mol. The average Bonchev–Trinajstić information content (AvgIpc) is 3.48. The van der Waals surface area contributed by atoms with Crippen LogP contribution >= 0.6 is 11.8 Å². The van der Waals surface area contributed by atoms with Crippen LogP contribution < -0.4 is 26.6 Å². The monoisotopic (exact) mass is 720 g/mol. The van der Waals surface area contributed by atoms with Crippen LogP contribution in [0.4, 0.5) is 0 Å². The number of carbonyl (C=O) groups excluding carboxylic acids is 7. The lowest BCUT2D eigenvalue weighted by Crippen LogP contribution is -2.60. The summed E-state index contributed by atoms with van der Waals surface area (Å²) in [5.74, 6) is -4.70. The number of nitrogens with one attached hydrogen (secondary N) is 5. The summed E-state index contributed by atoms with van der Waals surface area (Å²) in [4.78, 5) is 97.0. The first-order chi connectivity index (χ1) is 23.7. The van der Waals surface area contributed by atoms with E-state index in [1.165, 1.54) is 23.1 Å². The largest absolute Gasteiger partial charge is 0.353 e. The summed E-state index contributed by atoms with van der Waals surface area (Å²) < 4.78 is 0. The molecule has 50 heavy (non-hydrogen) atoms. The second-order valence-electron chi connectivity index (χ2n) is 14.8. The molecule has 0 aromatic rings. The van der Waals surface area contributed by atoms with Gasteiger partial charge in [-0.15, -0.1) is 0 Å². The molecule has 3 aliphatic heterocycles. The Bertz CT molecular complexity index is 1230. The van der Waals surface area contributed by atoms with Crippen LogP contribution in [0.5, 0.6) is 0 Å². The van der Waals surface area contributed by atoms with E-state index in [2.05, 4.69) is 33.5 Å². The first kappa shape index (κ1) is 41.3. The maximum atomic E-state index is 14.1. The summed E-state index contributed by atoms with van der Waals surface area (Å²) in [6.07, 6.45) is 8.50. The lowest BCUT2D eigenvalue weighted by molar-refractivity contribution is -0.142. The van der Waals surface area contributed by atoms with E-state index < -0.39 is 76.8 Å². The van der Waals surface area contributed by atoms with Gasteiger partial charge in [-0.25, -0.2) is 0 Å². The molecule has 3 saturated heterocycles. The first-order valence-electron chi connectivity index (χ1n) is 18.7. The Morgan fingerprint density at radius 1 is 0.820 bits per heavy atom. The van der Waals surface area contributed by atoms with Gasteiger partial charge in [-0.05, 0) is 44.4 Å². The standard InChI is InChI=1S/C36H60N6O7S/c1-7-8-9-10-11-12-13-16-27(43)29-28-19-37-31(44)25(20-50-28)40-35(48)30(22(4)5)41-33(46)26-15-14-17-42(26)36(49)23(6)38-32(45)24(18-21(2)3)39-34(29)47/h21-26,28-30H,7-20H2,1-6H3,(H,37,44)(H,38,45)(H,39,47)(H,40,48)(H,41,46). The minimum Gasteiger partial charge on any atom is -0.353 e. The quantitative estimate of drug-likeness (QED) is 0.150. The summed E-state index contributed by atoms with van der Waals surface area (Å²) >= 11 is 1.26. The third-order valence-corrected chi connectivity index (χ3v) is 11.2. The number of Topliss-reactive ketones (excluding diaryl/α,β-unsaturated/α-hetero) is 1. The molecule has 3 fully saturated rings. The molecule has 3 aliphatic rings. The van der Waals surface area contributed by atoms with Crippen LogP contribution in [0.1, 0.15) is 112 Å². The molecule has 2 bridgehead atoms. The van der Waals surface area contributed by atoms with Gasteiger partial charge in [0.25, 0.3) is 0 Å². The summed E-state index contributed by atoms with van der Waals surface area (Å²) in [5.41, 5.74) is 0. The van der Waals surface area contributed by atoms with Gasteiger partial charge in [-0.2, -0.15) is 11.8 Å². The van der Waals surface area contributed by atoms with Gasteiger partial charge in [0.05, 0.1) is 0 Å². The number of hydrogen-bond acceptors (Lipinski definition) is 8. The van der Waals surface area contributed by atoms with Gasteiger partial charge in [0, 0.05) is 30.5 Å². The summed E-state index contributed by atoms with van der Waals surface area (Å²) in [6, 6.07) is -4.78. The Kier molecular flexibility index (Phi) is 16.5. The molecule has 6 amide bonds. The Morgan fingerprint density at radius 2 is 1.50 bits per heavy atom. The fourth-order valence-corrected chi connectivity index (χ4v) is 8.22. The topological polar surface area (TPSA) is 183 Å². The molecule has 282 valence electrons. The zero-order valence-corrected chi connectivity index (χ0v) is 31.6. The van der Waals surface area contributed by atoms with E-state index in [1.807, 2.05) is 13.8 Å². The molecule has 5 N–H and O–H groups in total. The van der Waals surface area contributed by atoms with Crippen molar-refractivity contribution in [2.45, 2.75) is 148 Å². The van der Waals surface area contributed by atoms with Crippen LogP contribution in [0.25, 0.3) is 0 Å². The molecule has 7 atom stereocenters. The van der Waals surface area contributed by atoms with Crippen LogP contribution in [0.15, 0.2) is 0 Å². The van der Waals surface area contributed by atoms with Crippen molar-refractivity contribution in [2.24, 2.45) is 17.8 Å². The number of hydrogen-bond donors (Lipinski definition) is 5. The second-order valence-corrected chi connectivity index (χ2v) is 16.1. The van der Waals surface area contributed by atoms with E-state index in [0.717, 1.165) is 32.1 Å². The van der Waals surface area contributed by atoms with Crippen molar-refractivity contribution in [3.8, 4) is 0 Å². The predicted octanol–water partition coefficient (Wildman–Crippen LogP) is 2.21. The molecule has 0 aliphatic carbocycles. The first-order valence-corrected chi connectivity index (χ1v) is 19.7. The Balaban J connectivity index is 1.94. The molecule has 0 aromatic heterocycles. The van der Waals surface area contributed by atoms with Gasteiger partial charge in [0.2, 0.25) is 35.4 Å². The second kappa shape index (κ2) is 20.0. The van der Waals surface area contributed by atoms with Crippen molar-refractivity contribution >= 4 is 53.0 Å². The van der Waals surface area contributed by atoms with Crippen molar-refractivity contribution in [1.29, 1.82) is 0 Å². The van der Waals surface area contributed by atoms with Crippen molar-refractivity contribution in [1.82, 2.24) is 31.5 Å². The molecular formula is C36H60N6O7S. The highest BCUT2D eigenvalue weighted by Crippen LogP contribution is 2.27. The molecule has 0 radical (unpaired) electrons. The number of fused-ring (bicyclic) bond motifs is 4. The predicted molar refractivity (Wildman–Crippen MR) is 193 cm³/mol. The van der Waals surface area contributed by atoms with Crippen LogP contribution in [0.3, 0.4) is 0 Å². The molecule has 3 rings (SSSR count). The van der Waals surface area contributed by atoms with Crippen LogP contribution in [0, 0.1) is 17.8 Å². The molecule has 0 aromatic carbocycles. The Morgan fingerprint density at radius 3 is 2.16 bits per heavy atom. The number of amides is 6. The number of rotatable bonds is 12. The molecule has 14 heteroatoms. The SMILES string of the molecule is CCCCCCCCCC(=O)C1C(=O)NC(CC(C)C)C(=O)NC(C)C(=O)N2CCCC2C(=O)NC(C(C)C)C(=O)NC2CSC1CNC2=O. The number of carbonyl (C=O) groups is 7. The zero-order valence-electron chi connectivity index (χ0n) is 30.8. The number of thioether (sulfide) groups is 1. The van der Waals surface area contributed by atoms with Gasteiger partial charge in [0.1, 0.15) is 41.9 Å².